The fourth-order valence-electron chi connectivity index (χ4n) is 1.89. The summed E-state index contributed by atoms with van der Waals surface area (Å²) >= 11 is 7.13. The lowest BCUT2D eigenvalue weighted by molar-refractivity contribution is -0.113. The van der Waals surface area contributed by atoms with Crippen LogP contribution in [0.4, 0.5) is 5.69 Å². The van der Waals surface area contributed by atoms with Gasteiger partial charge in [0.1, 0.15) is 11.3 Å². The molecule has 0 aliphatic rings. The number of halogens is 1. The lowest BCUT2D eigenvalue weighted by Gasteiger charge is -2.09. The number of thioether (sulfide) groups is 1. The lowest BCUT2D eigenvalue weighted by atomic mass is 10.1. The van der Waals surface area contributed by atoms with Crippen molar-refractivity contribution in [2.45, 2.75) is 11.8 Å². The van der Waals surface area contributed by atoms with Gasteiger partial charge in [-0.25, -0.2) is 4.79 Å². The van der Waals surface area contributed by atoms with E-state index in [4.69, 9.17) is 16.7 Å². The van der Waals surface area contributed by atoms with Crippen molar-refractivity contribution in [3.63, 3.8) is 0 Å². The van der Waals surface area contributed by atoms with Crippen molar-refractivity contribution in [3.05, 3.63) is 52.5 Å². The molecule has 0 spiro atoms. The second kappa shape index (κ2) is 7.39. The van der Waals surface area contributed by atoms with Crippen molar-refractivity contribution in [2.24, 2.45) is 0 Å². The first-order valence-electron chi connectivity index (χ1n) is 6.62. The van der Waals surface area contributed by atoms with E-state index in [0.29, 0.717) is 16.3 Å². The topological polar surface area (TPSA) is 86.6 Å². The number of rotatable bonds is 5. The first kappa shape index (κ1) is 17.2. The monoisotopic (exact) mass is 351 g/mol. The number of amides is 1. The zero-order valence-corrected chi connectivity index (χ0v) is 13.7. The third-order valence-electron chi connectivity index (χ3n) is 3.00. The SMILES string of the molecule is Cc1cc(NC(=O)CSc2ccc(Cl)cc2)cc(C(=O)O)c1O. The smallest absolute Gasteiger partial charge is 0.339 e. The predicted octanol–water partition coefficient (Wildman–Crippen LogP) is 3.78. The number of carboxylic acid groups (broad SMARTS) is 1. The van der Waals surface area contributed by atoms with E-state index < -0.39 is 5.97 Å². The van der Waals surface area contributed by atoms with E-state index in [9.17, 15) is 14.7 Å². The molecule has 1 amide bonds. The number of anilines is 1. The predicted molar refractivity (Wildman–Crippen MR) is 90.6 cm³/mol. The van der Waals surface area contributed by atoms with Crippen LogP contribution in [-0.2, 0) is 4.79 Å². The molecular weight excluding hydrogens is 338 g/mol. The molecule has 0 heterocycles. The van der Waals surface area contributed by atoms with Crippen LogP contribution in [0, 0.1) is 6.92 Å². The van der Waals surface area contributed by atoms with Gasteiger partial charge in [0, 0.05) is 15.6 Å². The third-order valence-corrected chi connectivity index (χ3v) is 4.26. The standard InChI is InChI=1S/C16H14ClNO4S/c1-9-6-11(7-13(15(9)20)16(21)22)18-14(19)8-23-12-4-2-10(17)3-5-12/h2-7,20H,8H2,1H3,(H,18,19)(H,21,22). The molecule has 0 aliphatic carbocycles. The summed E-state index contributed by atoms with van der Waals surface area (Å²) in [5, 5.41) is 22.0. The summed E-state index contributed by atoms with van der Waals surface area (Å²) in [6, 6.07) is 9.86. The maximum Gasteiger partial charge on any atom is 0.339 e. The molecule has 7 heteroatoms. The number of hydrogen-bond acceptors (Lipinski definition) is 4. The van der Waals surface area contributed by atoms with Crippen LogP contribution in [0.3, 0.4) is 0 Å². The van der Waals surface area contributed by atoms with Gasteiger partial charge in [-0.3, -0.25) is 4.79 Å². The molecule has 2 rings (SSSR count). The molecule has 0 aromatic heterocycles. The molecule has 120 valence electrons. The maximum atomic E-state index is 12.0. The van der Waals surface area contributed by atoms with Gasteiger partial charge in [0.2, 0.25) is 5.91 Å². The number of hydrogen-bond donors (Lipinski definition) is 3. The first-order chi connectivity index (χ1) is 10.9. The molecule has 0 radical (unpaired) electrons. The Kier molecular flexibility index (Phi) is 5.52. The zero-order chi connectivity index (χ0) is 17.0. The van der Waals surface area contributed by atoms with Gasteiger partial charge in [0.25, 0.3) is 0 Å². The Bertz CT molecular complexity index is 746. The molecule has 0 saturated carbocycles. The van der Waals surface area contributed by atoms with Crippen molar-refractivity contribution in [1.82, 2.24) is 0 Å². The summed E-state index contributed by atoms with van der Waals surface area (Å²) < 4.78 is 0. The number of benzene rings is 2. The van der Waals surface area contributed by atoms with E-state index in [1.807, 2.05) is 12.1 Å². The third kappa shape index (κ3) is 4.64. The van der Waals surface area contributed by atoms with E-state index in [-0.39, 0.29) is 23.0 Å². The Labute approximate surface area is 142 Å². The van der Waals surface area contributed by atoms with Crippen LogP contribution in [0.25, 0.3) is 0 Å². The van der Waals surface area contributed by atoms with Crippen molar-refractivity contribution < 1.29 is 19.8 Å². The molecule has 2 aromatic rings. The first-order valence-corrected chi connectivity index (χ1v) is 7.98. The highest BCUT2D eigenvalue weighted by Gasteiger charge is 2.14. The highest BCUT2D eigenvalue weighted by molar-refractivity contribution is 8.00. The summed E-state index contributed by atoms with van der Waals surface area (Å²) in [5.74, 6) is -1.65. The summed E-state index contributed by atoms with van der Waals surface area (Å²) in [4.78, 5) is 23.9. The molecule has 23 heavy (non-hydrogen) atoms. The molecule has 0 fully saturated rings. The van der Waals surface area contributed by atoms with Crippen molar-refractivity contribution in [3.8, 4) is 5.75 Å². The minimum absolute atomic E-state index is 0.171. The minimum atomic E-state index is -1.25. The molecule has 0 aliphatic heterocycles. The van der Waals surface area contributed by atoms with Gasteiger partial charge < -0.3 is 15.5 Å². The normalized spacial score (nSPS) is 10.3. The Balaban J connectivity index is 2.02. The molecule has 5 nitrogen and oxygen atoms in total. The number of aromatic hydroxyl groups is 1. The number of carbonyl (C=O) groups is 2. The number of carboxylic acids is 1. The largest absolute Gasteiger partial charge is 0.507 e. The van der Waals surface area contributed by atoms with Gasteiger partial charge in [0.05, 0.1) is 5.75 Å². The minimum Gasteiger partial charge on any atom is -0.507 e. The Morgan fingerprint density at radius 2 is 1.87 bits per heavy atom. The second-order valence-electron chi connectivity index (χ2n) is 4.79. The Hall–Kier alpha value is -2.18. The number of aromatic carboxylic acids is 1. The van der Waals surface area contributed by atoms with Crippen LogP contribution in [0.15, 0.2) is 41.3 Å². The number of carbonyl (C=O) groups excluding carboxylic acids is 1. The van der Waals surface area contributed by atoms with E-state index in [1.54, 1.807) is 19.1 Å². The summed E-state index contributed by atoms with van der Waals surface area (Å²) in [6.45, 7) is 1.57. The van der Waals surface area contributed by atoms with Gasteiger partial charge in [-0.05, 0) is 48.9 Å². The molecule has 0 saturated heterocycles. The number of aryl methyl sites for hydroxylation is 1. The molecular formula is C16H14ClNO4S. The van der Waals surface area contributed by atoms with Crippen LogP contribution in [0.2, 0.25) is 5.02 Å². The fourth-order valence-corrected chi connectivity index (χ4v) is 2.72. The van der Waals surface area contributed by atoms with Crippen LogP contribution in [0.1, 0.15) is 15.9 Å². The van der Waals surface area contributed by atoms with Crippen LogP contribution < -0.4 is 5.32 Å². The van der Waals surface area contributed by atoms with Crippen LogP contribution in [0.5, 0.6) is 5.75 Å². The van der Waals surface area contributed by atoms with Crippen molar-refractivity contribution in [1.29, 1.82) is 0 Å². The van der Waals surface area contributed by atoms with E-state index in [0.717, 1.165) is 4.90 Å². The molecule has 3 N–H and O–H groups in total. The Morgan fingerprint density at radius 3 is 2.48 bits per heavy atom. The summed E-state index contributed by atoms with van der Waals surface area (Å²) in [7, 11) is 0. The maximum absolute atomic E-state index is 12.0. The average Bonchev–Trinajstić information content (AvgIpc) is 2.50. The summed E-state index contributed by atoms with van der Waals surface area (Å²) in [6.07, 6.45) is 0. The lowest BCUT2D eigenvalue weighted by Crippen LogP contribution is -2.14. The van der Waals surface area contributed by atoms with Crippen molar-refractivity contribution in [2.75, 3.05) is 11.1 Å². The molecule has 2 aromatic carbocycles. The van der Waals surface area contributed by atoms with Gasteiger partial charge >= 0.3 is 5.97 Å². The zero-order valence-electron chi connectivity index (χ0n) is 12.2. The van der Waals surface area contributed by atoms with E-state index >= 15 is 0 Å². The van der Waals surface area contributed by atoms with E-state index in [1.165, 1.54) is 23.9 Å². The highest BCUT2D eigenvalue weighted by atomic mass is 35.5. The quantitative estimate of drug-likeness (QED) is 0.563. The highest BCUT2D eigenvalue weighted by Crippen LogP contribution is 2.27. The van der Waals surface area contributed by atoms with Gasteiger partial charge in [-0.1, -0.05) is 11.6 Å². The number of nitrogens with one attached hydrogen (secondary N) is 1. The molecule has 0 bridgehead atoms. The van der Waals surface area contributed by atoms with Gasteiger partial charge in [0.15, 0.2) is 0 Å². The average molecular weight is 352 g/mol. The van der Waals surface area contributed by atoms with Crippen LogP contribution >= 0.6 is 23.4 Å². The molecule has 0 atom stereocenters. The van der Waals surface area contributed by atoms with Crippen molar-refractivity contribution >= 4 is 40.9 Å². The van der Waals surface area contributed by atoms with Gasteiger partial charge in [-0.2, -0.15) is 0 Å². The van der Waals surface area contributed by atoms with E-state index in [2.05, 4.69) is 5.32 Å². The summed E-state index contributed by atoms with van der Waals surface area (Å²) in [5.41, 5.74) is 0.468. The Morgan fingerprint density at radius 1 is 1.22 bits per heavy atom. The molecule has 0 unspecified atom stereocenters. The number of phenols is 1. The van der Waals surface area contributed by atoms with Gasteiger partial charge in [-0.15, -0.1) is 11.8 Å². The second-order valence-corrected chi connectivity index (χ2v) is 6.27. The van der Waals surface area contributed by atoms with Crippen LogP contribution in [-0.4, -0.2) is 27.8 Å². The fraction of sp³-hybridized carbons (Fsp3) is 0.125.